The quantitative estimate of drug-likeness (QED) is 0.0371. The lowest BCUT2D eigenvalue weighted by molar-refractivity contribution is -0.125. The molecular weight excluding hydrogens is 643 g/mol. The van der Waals surface area contributed by atoms with Gasteiger partial charge in [-0.3, -0.25) is 4.79 Å². The van der Waals surface area contributed by atoms with Gasteiger partial charge in [-0.2, -0.15) is 0 Å². The van der Waals surface area contributed by atoms with E-state index in [1.807, 2.05) is 0 Å². The van der Waals surface area contributed by atoms with Crippen LogP contribution in [-0.4, -0.2) is 46.1 Å². The Balaban J connectivity index is 3.57. The Morgan fingerprint density at radius 2 is 0.808 bits per heavy atom. The summed E-state index contributed by atoms with van der Waals surface area (Å²) in [5, 5.41) is 33.4. The lowest BCUT2D eigenvalue weighted by atomic mass is 10.0. The number of carbonyl (C=O) groups excluding carboxylic acids is 1. The Morgan fingerprint density at radius 3 is 1.21 bits per heavy atom. The topological polar surface area (TPSA) is 89.8 Å². The van der Waals surface area contributed by atoms with Crippen molar-refractivity contribution < 1.29 is 20.1 Å². The van der Waals surface area contributed by atoms with Gasteiger partial charge in [0.1, 0.15) is 0 Å². The number of nitrogens with one attached hydrogen (secondary N) is 1. The minimum atomic E-state index is -0.753. The lowest BCUT2D eigenvalue weighted by Gasteiger charge is -2.23. The first-order chi connectivity index (χ1) is 25.5. The average Bonchev–Trinajstić information content (AvgIpc) is 3.14. The van der Waals surface area contributed by atoms with Crippen molar-refractivity contribution in [2.75, 3.05) is 6.61 Å². The molecule has 4 N–H and O–H groups in total. The fourth-order valence-electron chi connectivity index (χ4n) is 7.22. The molecule has 0 aliphatic rings. The van der Waals surface area contributed by atoms with Gasteiger partial charge in [0.2, 0.25) is 5.91 Å². The number of allylic oxidation sites excluding steroid dienone is 4. The van der Waals surface area contributed by atoms with Gasteiger partial charge >= 0.3 is 0 Å². The van der Waals surface area contributed by atoms with Crippen LogP contribution in [0.4, 0.5) is 0 Å². The Hall–Kier alpha value is -1.17. The van der Waals surface area contributed by atoms with Crippen molar-refractivity contribution in [2.24, 2.45) is 0 Å². The molecule has 1 amide bonds. The van der Waals surface area contributed by atoms with Gasteiger partial charge in [0.25, 0.3) is 0 Å². The molecule has 0 radical (unpaired) electrons. The predicted molar refractivity (Wildman–Crippen MR) is 227 cm³/mol. The molecule has 0 spiro atoms. The van der Waals surface area contributed by atoms with Crippen molar-refractivity contribution in [3.05, 3.63) is 24.3 Å². The zero-order chi connectivity index (χ0) is 38.0. The normalized spacial score (nSPS) is 13.7. The fraction of sp³-hybridized carbons (Fsp3) is 0.894. The Labute approximate surface area is 324 Å². The van der Waals surface area contributed by atoms with Crippen LogP contribution in [0.25, 0.3) is 0 Å². The lowest BCUT2D eigenvalue weighted by Crippen LogP contribution is -2.46. The molecular formula is C47H91NO4. The maximum atomic E-state index is 12.4. The van der Waals surface area contributed by atoms with Crippen molar-refractivity contribution in [3.8, 4) is 0 Å². The van der Waals surface area contributed by atoms with E-state index in [0.717, 1.165) is 44.9 Å². The minimum absolute atomic E-state index is 0.0238. The van der Waals surface area contributed by atoms with Gasteiger partial charge in [-0.05, 0) is 38.5 Å². The van der Waals surface area contributed by atoms with Crippen LogP contribution in [0, 0.1) is 0 Å². The molecule has 0 bridgehead atoms. The molecule has 308 valence electrons. The number of hydrogen-bond donors (Lipinski definition) is 4. The van der Waals surface area contributed by atoms with E-state index in [0.29, 0.717) is 12.8 Å². The molecule has 3 unspecified atom stereocenters. The highest BCUT2D eigenvalue weighted by molar-refractivity contribution is 5.76. The molecule has 5 nitrogen and oxygen atoms in total. The molecule has 0 aliphatic heterocycles. The predicted octanol–water partition coefficient (Wildman–Crippen LogP) is 13.4. The van der Waals surface area contributed by atoms with Crippen molar-refractivity contribution in [2.45, 2.75) is 263 Å². The zero-order valence-electron chi connectivity index (χ0n) is 35.0. The van der Waals surface area contributed by atoms with E-state index >= 15 is 0 Å². The number of aliphatic hydroxyl groups is 3. The van der Waals surface area contributed by atoms with Gasteiger partial charge in [0.15, 0.2) is 0 Å². The first kappa shape index (κ1) is 50.8. The van der Waals surface area contributed by atoms with E-state index in [1.165, 1.54) is 167 Å². The average molecular weight is 734 g/mol. The standard InChI is InChI=1S/C47H91NO4/c1-3-5-7-9-11-13-15-17-18-19-20-21-22-23-24-25-26-27-29-31-33-35-37-39-41-46(51)45(43-49)48-47(52)42-44(50)40-38-36-34-32-30-28-16-14-12-10-8-6-4-2/h12,14,16,28,44-46,49-51H,3-11,13,15,17-27,29-43H2,1-2H3,(H,48,52)/b14-12-,28-16-. The number of carbonyl (C=O) groups is 1. The third-order valence-corrected chi connectivity index (χ3v) is 10.8. The van der Waals surface area contributed by atoms with Crippen LogP contribution in [0.15, 0.2) is 24.3 Å². The van der Waals surface area contributed by atoms with Crippen LogP contribution >= 0.6 is 0 Å². The number of hydrogen-bond acceptors (Lipinski definition) is 4. The molecule has 0 saturated heterocycles. The third-order valence-electron chi connectivity index (χ3n) is 10.8. The van der Waals surface area contributed by atoms with Crippen molar-refractivity contribution in [3.63, 3.8) is 0 Å². The molecule has 0 saturated carbocycles. The maximum Gasteiger partial charge on any atom is 0.222 e. The van der Waals surface area contributed by atoms with E-state index in [4.69, 9.17) is 0 Å². The second kappa shape index (κ2) is 42.6. The number of rotatable bonds is 42. The zero-order valence-corrected chi connectivity index (χ0v) is 35.0. The molecule has 52 heavy (non-hydrogen) atoms. The third kappa shape index (κ3) is 38.6. The van der Waals surface area contributed by atoms with E-state index in [-0.39, 0.29) is 18.9 Å². The molecule has 0 heterocycles. The van der Waals surface area contributed by atoms with Gasteiger partial charge in [0, 0.05) is 0 Å². The SMILES string of the molecule is CCCCC/C=C\C=C/CCCCCCC(O)CC(=O)NC(CO)C(O)CCCCCCCCCCCCCCCCCCCCCCCCCC. The molecule has 3 atom stereocenters. The summed E-state index contributed by atoms with van der Waals surface area (Å²) < 4.78 is 0. The second-order valence-electron chi connectivity index (χ2n) is 16.0. The van der Waals surface area contributed by atoms with E-state index < -0.39 is 18.2 Å². The molecule has 5 heteroatoms. The molecule has 0 aromatic rings. The van der Waals surface area contributed by atoms with Crippen molar-refractivity contribution >= 4 is 5.91 Å². The Bertz CT molecular complexity index is 768. The smallest absolute Gasteiger partial charge is 0.222 e. The molecule has 0 fully saturated rings. The Kier molecular flexibility index (Phi) is 41.6. The van der Waals surface area contributed by atoms with Gasteiger partial charge in [-0.25, -0.2) is 0 Å². The Morgan fingerprint density at radius 1 is 0.481 bits per heavy atom. The molecule has 0 aromatic heterocycles. The van der Waals surface area contributed by atoms with E-state index in [1.54, 1.807) is 0 Å². The summed E-state index contributed by atoms with van der Waals surface area (Å²) in [5.41, 5.74) is 0. The van der Waals surface area contributed by atoms with Crippen LogP contribution in [0.3, 0.4) is 0 Å². The van der Waals surface area contributed by atoms with Gasteiger partial charge in [-0.1, -0.05) is 224 Å². The van der Waals surface area contributed by atoms with Crippen LogP contribution < -0.4 is 5.32 Å². The summed E-state index contributed by atoms with van der Waals surface area (Å²) in [6.07, 6.45) is 51.6. The summed E-state index contributed by atoms with van der Waals surface area (Å²) in [6, 6.07) is -0.663. The highest BCUT2D eigenvalue weighted by Gasteiger charge is 2.21. The summed E-state index contributed by atoms with van der Waals surface area (Å²) >= 11 is 0. The first-order valence-electron chi connectivity index (χ1n) is 23.1. The number of aliphatic hydroxyl groups excluding tert-OH is 3. The van der Waals surface area contributed by atoms with Crippen LogP contribution in [-0.2, 0) is 4.79 Å². The van der Waals surface area contributed by atoms with Gasteiger partial charge < -0.3 is 20.6 Å². The summed E-state index contributed by atoms with van der Waals surface area (Å²) in [5.74, 6) is -0.293. The van der Waals surface area contributed by atoms with Crippen LogP contribution in [0.1, 0.15) is 245 Å². The molecule has 0 rings (SSSR count). The van der Waals surface area contributed by atoms with Crippen molar-refractivity contribution in [1.29, 1.82) is 0 Å². The summed E-state index contributed by atoms with van der Waals surface area (Å²) in [7, 11) is 0. The highest BCUT2D eigenvalue weighted by Crippen LogP contribution is 2.17. The fourth-order valence-corrected chi connectivity index (χ4v) is 7.22. The maximum absolute atomic E-state index is 12.4. The minimum Gasteiger partial charge on any atom is -0.394 e. The molecule has 0 aliphatic carbocycles. The first-order valence-corrected chi connectivity index (χ1v) is 23.1. The highest BCUT2D eigenvalue weighted by atomic mass is 16.3. The van der Waals surface area contributed by atoms with Crippen LogP contribution in [0.5, 0.6) is 0 Å². The van der Waals surface area contributed by atoms with Crippen LogP contribution in [0.2, 0.25) is 0 Å². The van der Waals surface area contributed by atoms with E-state index in [2.05, 4.69) is 43.5 Å². The largest absolute Gasteiger partial charge is 0.394 e. The monoisotopic (exact) mass is 734 g/mol. The van der Waals surface area contributed by atoms with Gasteiger partial charge in [0.05, 0.1) is 31.3 Å². The molecule has 0 aromatic carbocycles. The summed E-state index contributed by atoms with van der Waals surface area (Å²) in [4.78, 5) is 12.4. The number of amides is 1. The number of unbranched alkanes of at least 4 members (excludes halogenated alkanes) is 30. The van der Waals surface area contributed by atoms with Crippen molar-refractivity contribution in [1.82, 2.24) is 5.32 Å². The van der Waals surface area contributed by atoms with Gasteiger partial charge in [-0.15, -0.1) is 0 Å². The summed E-state index contributed by atoms with van der Waals surface area (Å²) in [6.45, 7) is 4.23. The second-order valence-corrected chi connectivity index (χ2v) is 16.0. The van der Waals surface area contributed by atoms with E-state index in [9.17, 15) is 20.1 Å².